The smallest absolute Gasteiger partial charge is 0.272 e. The Morgan fingerprint density at radius 3 is 2.31 bits per heavy atom. The summed E-state index contributed by atoms with van der Waals surface area (Å²) in [6.45, 7) is 7.90. The summed E-state index contributed by atoms with van der Waals surface area (Å²) >= 11 is 0. The standard InChI is InChI=1S/C20H24N4O2/c1-14-4-5-15(2)19(12-14)22-17-6-7-18(21-13-17)20(26)24-10-8-23(9-11-24)16(3)25/h4-7,12-13,22H,8-11H2,1-3H3. The van der Waals surface area contributed by atoms with E-state index in [1.165, 1.54) is 5.56 Å². The molecule has 6 heteroatoms. The number of nitrogens with one attached hydrogen (secondary N) is 1. The number of hydrogen-bond acceptors (Lipinski definition) is 4. The molecule has 0 spiro atoms. The third kappa shape index (κ3) is 4.02. The van der Waals surface area contributed by atoms with Crippen LogP contribution in [0.1, 0.15) is 28.5 Å². The summed E-state index contributed by atoms with van der Waals surface area (Å²) in [6, 6.07) is 9.85. The van der Waals surface area contributed by atoms with Gasteiger partial charge in [-0.3, -0.25) is 9.59 Å². The van der Waals surface area contributed by atoms with E-state index in [4.69, 9.17) is 0 Å². The van der Waals surface area contributed by atoms with Gasteiger partial charge in [0.25, 0.3) is 5.91 Å². The zero-order chi connectivity index (χ0) is 18.7. The van der Waals surface area contributed by atoms with Gasteiger partial charge in [0.1, 0.15) is 5.69 Å². The van der Waals surface area contributed by atoms with Crippen LogP contribution < -0.4 is 5.32 Å². The zero-order valence-corrected chi connectivity index (χ0v) is 15.5. The van der Waals surface area contributed by atoms with Crippen LogP contribution in [-0.4, -0.2) is 52.8 Å². The molecule has 3 rings (SSSR count). The highest BCUT2D eigenvalue weighted by atomic mass is 16.2. The number of aryl methyl sites for hydroxylation is 2. The van der Waals surface area contributed by atoms with Crippen molar-refractivity contribution in [1.29, 1.82) is 0 Å². The fourth-order valence-electron chi connectivity index (χ4n) is 3.01. The highest BCUT2D eigenvalue weighted by Crippen LogP contribution is 2.21. The Kier molecular flexibility index (Phi) is 5.21. The molecule has 0 bridgehead atoms. The predicted molar refractivity (Wildman–Crippen MR) is 102 cm³/mol. The molecular formula is C20H24N4O2. The molecule has 1 saturated heterocycles. The Hall–Kier alpha value is -2.89. The van der Waals surface area contributed by atoms with Crippen molar-refractivity contribution in [2.45, 2.75) is 20.8 Å². The molecule has 0 unspecified atom stereocenters. The first-order valence-electron chi connectivity index (χ1n) is 8.79. The quantitative estimate of drug-likeness (QED) is 0.922. The van der Waals surface area contributed by atoms with Crippen molar-refractivity contribution >= 4 is 23.2 Å². The lowest BCUT2D eigenvalue weighted by Gasteiger charge is -2.34. The number of aromatic nitrogens is 1. The number of piperazine rings is 1. The minimum atomic E-state index is -0.0912. The SMILES string of the molecule is CC(=O)N1CCN(C(=O)c2ccc(Nc3cc(C)ccc3C)cn2)CC1. The number of carbonyl (C=O) groups excluding carboxylic acids is 2. The summed E-state index contributed by atoms with van der Waals surface area (Å²) in [4.78, 5) is 31.8. The molecule has 0 atom stereocenters. The second kappa shape index (κ2) is 7.56. The van der Waals surface area contributed by atoms with E-state index in [9.17, 15) is 9.59 Å². The van der Waals surface area contributed by atoms with Crippen LogP contribution in [-0.2, 0) is 4.79 Å². The number of pyridine rings is 1. The van der Waals surface area contributed by atoms with Gasteiger partial charge < -0.3 is 15.1 Å². The van der Waals surface area contributed by atoms with E-state index in [0.717, 1.165) is 16.9 Å². The fraction of sp³-hybridized carbons (Fsp3) is 0.350. The van der Waals surface area contributed by atoms with Crippen LogP contribution in [0.2, 0.25) is 0 Å². The lowest BCUT2D eigenvalue weighted by molar-refractivity contribution is -0.130. The first kappa shape index (κ1) is 17.9. The second-order valence-corrected chi connectivity index (χ2v) is 6.67. The van der Waals surface area contributed by atoms with Crippen molar-refractivity contribution < 1.29 is 9.59 Å². The third-order valence-corrected chi connectivity index (χ3v) is 4.67. The summed E-state index contributed by atoms with van der Waals surface area (Å²) < 4.78 is 0. The van der Waals surface area contributed by atoms with Crippen molar-refractivity contribution in [3.63, 3.8) is 0 Å². The summed E-state index contributed by atoms with van der Waals surface area (Å²) in [5.41, 5.74) is 4.64. The van der Waals surface area contributed by atoms with Crippen molar-refractivity contribution in [2.24, 2.45) is 0 Å². The Morgan fingerprint density at radius 1 is 1.00 bits per heavy atom. The van der Waals surface area contributed by atoms with E-state index in [-0.39, 0.29) is 11.8 Å². The molecule has 1 aromatic heterocycles. The van der Waals surface area contributed by atoms with Gasteiger partial charge in [-0.15, -0.1) is 0 Å². The van der Waals surface area contributed by atoms with Crippen molar-refractivity contribution in [3.05, 3.63) is 53.3 Å². The van der Waals surface area contributed by atoms with Gasteiger partial charge in [0.15, 0.2) is 0 Å². The number of amides is 2. The summed E-state index contributed by atoms with van der Waals surface area (Å²) in [6.07, 6.45) is 1.68. The van der Waals surface area contributed by atoms with E-state index in [1.807, 2.05) is 13.0 Å². The Morgan fingerprint density at radius 2 is 1.69 bits per heavy atom. The molecule has 1 aliphatic heterocycles. The van der Waals surface area contributed by atoms with Crippen LogP contribution in [0.15, 0.2) is 36.5 Å². The Labute approximate surface area is 153 Å². The van der Waals surface area contributed by atoms with E-state index in [2.05, 4.69) is 35.4 Å². The van der Waals surface area contributed by atoms with E-state index in [0.29, 0.717) is 31.9 Å². The van der Waals surface area contributed by atoms with Gasteiger partial charge in [0.2, 0.25) is 5.91 Å². The zero-order valence-electron chi connectivity index (χ0n) is 15.5. The molecule has 0 radical (unpaired) electrons. The number of anilines is 2. The van der Waals surface area contributed by atoms with Crippen LogP contribution >= 0.6 is 0 Å². The lowest BCUT2D eigenvalue weighted by atomic mass is 10.1. The van der Waals surface area contributed by atoms with E-state index < -0.39 is 0 Å². The Bertz CT molecular complexity index is 809. The molecule has 0 saturated carbocycles. The van der Waals surface area contributed by atoms with Gasteiger partial charge in [-0.2, -0.15) is 0 Å². The van der Waals surface area contributed by atoms with Gasteiger partial charge >= 0.3 is 0 Å². The summed E-state index contributed by atoms with van der Waals surface area (Å²) in [5.74, 6) is -0.0384. The number of rotatable bonds is 3. The van der Waals surface area contributed by atoms with Gasteiger partial charge in [0.05, 0.1) is 11.9 Å². The Balaban J connectivity index is 1.65. The minimum Gasteiger partial charge on any atom is -0.354 e. The molecular weight excluding hydrogens is 328 g/mol. The lowest BCUT2D eigenvalue weighted by Crippen LogP contribution is -2.50. The van der Waals surface area contributed by atoms with Crippen molar-refractivity contribution in [1.82, 2.24) is 14.8 Å². The van der Waals surface area contributed by atoms with Gasteiger partial charge in [0, 0.05) is 38.8 Å². The van der Waals surface area contributed by atoms with E-state index >= 15 is 0 Å². The van der Waals surface area contributed by atoms with Crippen LogP contribution in [0, 0.1) is 13.8 Å². The van der Waals surface area contributed by atoms with Gasteiger partial charge in [-0.25, -0.2) is 4.98 Å². The van der Waals surface area contributed by atoms with Gasteiger partial charge in [-0.05, 0) is 43.2 Å². The average molecular weight is 352 g/mol. The number of carbonyl (C=O) groups is 2. The van der Waals surface area contributed by atoms with Crippen LogP contribution in [0.25, 0.3) is 0 Å². The second-order valence-electron chi connectivity index (χ2n) is 6.67. The summed E-state index contributed by atoms with van der Waals surface area (Å²) in [5, 5.41) is 3.35. The molecule has 2 aromatic rings. The van der Waals surface area contributed by atoms with E-state index in [1.54, 1.807) is 29.0 Å². The van der Waals surface area contributed by atoms with Crippen LogP contribution in [0.3, 0.4) is 0 Å². The summed E-state index contributed by atoms with van der Waals surface area (Å²) in [7, 11) is 0. The highest BCUT2D eigenvalue weighted by Gasteiger charge is 2.23. The molecule has 136 valence electrons. The first-order valence-corrected chi connectivity index (χ1v) is 8.79. The highest BCUT2D eigenvalue weighted by molar-refractivity contribution is 5.92. The molecule has 26 heavy (non-hydrogen) atoms. The molecule has 2 amide bonds. The monoisotopic (exact) mass is 352 g/mol. The third-order valence-electron chi connectivity index (χ3n) is 4.67. The maximum Gasteiger partial charge on any atom is 0.272 e. The normalized spacial score (nSPS) is 14.3. The fourth-order valence-corrected chi connectivity index (χ4v) is 3.01. The molecule has 6 nitrogen and oxygen atoms in total. The maximum absolute atomic E-state index is 12.6. The maximum atomic E-state index is 12.6. The predicted octanol–water partition coefficient (Wildman–Crippen LogP) is 2.75. The largest absolute Gasteiger partial charge is 0.354 e. The van der Waals surface area contributed by atoms with Crippen molar-refractivity contribution in [2.75, 3.05) is 31.5 Å². The van der Waals surface area contributed by atoms with Gasteiger partial charge in [-0.1, -0.05) is 12.1 Å². The number of hydrogen-bond donors (Lipinski definition) is 1. The molecule has 1 N–H and O–H groups in total. The first-order chi connectivity index (χ1) is 12.4. The molecule has 2 heterocycles. The molecule has 0 aliphatic carbocycles. The molecule has 1 aliphatic rings. The van der Waals surface area contributed by atoms with Crippen molar-refractivity contribution in [3.8, 4) is 0 Å². The molecule has 1 aromatic carbocycles. The average Bonchev–Trinajstić information content (AvgIpc) is 2.65. The number of benzene rings is 1. The van der Waals surface area contributed by atoms with Crippen LogP contribution in [0.5, 0.6) is 0 Å². The number of nitrogens with zero attached hydrogens (tertiary/aromatic N) is 3. The topological polar surface area (TPSA) is 65.5 Å². The van der Waals surface area contributed by atoms with Crippen LogP contribution in [0.4, 0.5) is 11.4 Å². The minimum absolute atomic E-state index is 0.0529. The molecule has 1 fully saturated rings.